The number of hydrogen-bond acceptors (Lipinski definition) is 2. The number of nitrogens with one attached hydrogen (secondary N) is 2. The Morgan fingerprint density at radius 3 is 2.17 bits per heavy atom. The van der Waals surface area contributed by atoms with Crippen LogP contribution in [-0.2, 0) is 4.79 Å². The number of amides is 2. The van der Waals surface area contributed by atoms with E-state index in [9.17, 15) is 22.8 Å². The molecule has 0 rings (SSSR count). The lowest BCUT2D eigenvalue weighted by Crippen LogP contribution is -2.64. The van der Waals surface area contributed by atoms with Gasteiger partial charge in [0.25, 0.3) is 0 Å². The monoisotopic (exact) mass is 270 g/mol. The van der Waals surface area contributed by atoms with Gasteiger partial charge in [0.1, 0.15) is 0 Å². The Bertz CT molecular complexity index is 320. The number of carboxylic acid groups (broad SMARTS) is 1. The molecular formula is C10H17F3N2O3. The number of alkyl halides is 3. The van der Waals surface area contributed by atoms with E-state index in [4.69, 9.17) is 5.11 Å². The summed E-state index contributed by atoms with van der Waals surface area (Å²) in [5, 5.41) is 12.3. The third kappa shape index (κ3) is 4.08. The molecule has 0 radical (unpaired) electrons. The summed E-state index contributed by atoms with van der Waals surface area (Å²) in [6.07, 6.45) is -3.75. The lowest BCUT2D eigenvalue weighted by atomic mass is 10.0. The highest BCUT2D eigenvalue weighted by Gasteiger charge is 2.58. The molecule has 2 unspecified atom stereocenters. The van der Waals surface area contributed by atoms with Gasteiger partial charge in [-0.15, -0.1) is 0 Å². The first-order valence-corrected chi connectivity index (χ1v) is 5.43. The van der Waals surface area contributed by atoms with Crippen LogP contribution in [0, 0.1) is 0 Å². The Labute approximate surface area is 103 Å². The van der Waals surface area contributed by atoms with Gasteiger partial charge in [-0.1, -0.05) is 13.3 Å². The molecule has 106 valence electrons. The number of carboxylic acids is 1. The fraction of sp³-hybridized carbons (Fsp3) is 0.800. The normalized spacial score (nSPS) is 16.6. The molecule has 18 heavy (non-hydrogen) atoms. The minimum absolute atomic E-state index is 0.332. The van der Waals surface area contributed by atoms with Crippen molar-refractivity contribution in [2.75, 3.05) is 0 Å². The van der Waals surface area contributed by atoms with Crippen LogP contribution in [0.3, 0.4) is 0 Å². The van der Waals surface area contributed by atoms with Crippen LogP contribution in [0.1, 0.15) is 33.6 Å². The lowest BCUT2D eigenvalue weighted by Gasteiger charge is -2.29. The summed E-state index contributed by atoms with van der Waals surface area (Å²) in [6, 6.07) is -1.49. The number of carbonyl (C=O) groups is 2. The van der Waals surface area contributed by atoms with Gasteiger partial charge in [-0.2, -0.15) is 13.2 Å². The minimum atomic E-state index is -5.08. The Kier molecular flexibility index (Phi) is 5.44. The summed E-state index contributed by atoms with van der Waals surface area (Å²) in [6.45, 7) is 3.88. The van der Waals surface area contributed by atoms with Gasteiger partial charge in [0.05, 0.1) is 0 Å². The van der Waals surface area contributed by atoms with Crippen LogP contribution >= 0.6 is 0 Å². The smallest absolute Gasteiger partial charge is 0.422 e. The largest absolute Gasteiger partial charge is 0.479 e. The average Bonchev–Trinajstić information content (AvgIpc) is 2.14. The number of urea groups is 1. The number of rotatable bonds is 5. The molecule has 0 aliphatic carbocycles. The number of hydrogen-bond donors (Lipinski definition) is 3. The molecule has 0 aromatic carbocycles. The van der Waals surface area contributed by atoms with Crippen molar-refractivity contribution < 1.29 is 27.9 Å². The highest BCUT2D eigenvalue weighted by molar-refractivity contribution is 5.86. The quantitative estimate of drug-likeness (QED) is 0.713. The van der Waals surface area contributed by atoms with Crippen LogP contribution in [-0.4, -0.2) is 34.9 Å². The van der Waals surface area contributed by atoms with Crippen LogP contribution in [0.4, 0.5) is 18.0 Å². The van der Waals surface area contributed by atoms with Gasteiger partial charge < -0.3 is 15.7 Å². The van der Waals surface area contributed by atoms with Crippen LogP contribution in [0.15, 0.2) is 0 Å². The first-order valence-electron chi connectivity index (χ1n) is 5.43. The Hall–Kier alpha value is -1.47. The van der Waals surface area contributed by atoms with Crippen molar-refractivity contribution in [1.82, 2.24) is 10.6 Å². The van der Waals surface area contributed by atoms with Crippen molar-refractivity contribution in [3.63, 3.8) is 0 Å². The summed E-state index contributed by atoms with van der Waals surface area (Å²) in [4.78, 5) is 22.0. The predicted molar refractivity (Wildman–Crippen MR) is 58.1 cm³/mol. The highest BCUT2D eigenvalue weighted by Crippen LogP contribution is 2.30. The van der Waals surface area contributed by atoms with Crippen LogP contribution in [0.25, 0.3) is 0 Å². The molecule has 3 N–H and O–H groups in total. The summed E-state index contributed by atoms with van der Waals surface area (Å²) < 4.78 is 37.7. The van der Waals surface area contributed by atoms with Crippen LogP contribution < -0.4 is 10.6 Å². The first kappa shape index (κ1) is 16.5. The van der Waals surface area contributed by atoms with Gasteiger partial charge in [-0.3, -0.25) is 0 Å². The van der Waals surface area contributed by atoms with E-state index in [-0.39, 0.29) is 6.04 Å². The molecule has 0 aromatic heterocycles. The van der Waals surface area contributed by atoms with Gasteiger partial charge in [-0.05, 0) is 20.3 Å². The van der Waals surface area contributed by atoms with E-state index < -0.39 is 23.7 Å². The fourth-order valence-corrected chi connectivity index (χ4v) is 1.24. The second kappa shape index (κ2) is 5.92. The molecule has 0 fully saturated rings. The van der Waals surface area contributed by atoms with E-state index in [1.165, 1.54) is 5.32 Å². The fourth-order valence-electron chi connectivity index (χ4n) is 1.24. The molecule has 0 saturated carbocycles. The topological polar surface area (TPSA) is 78.4 Å². The van der Waals surface area contributed by atoms with E-state index in [0.29, 0.717) is 13.3 Å². The second-order valence-electron chi connectivity index (χ2n) is 4.22. The van der Waals surface area contributed by atoms with Gasteiger partial charge in [-0.25, -0.2) is 9.59 Å². The van der Waals surface area contributed by atoms with Gasteiger partial charge >= 0.3 is 18.2 Å². The maximum absolute atomic E-state index is 12.6. The lowest BCUT2D eigenvalue weighted by molar-refractivity contribution is -0.203. The molecule has 0 aliphatic rings. The summed E-state index contributed by atoms with van der Waals surface area (Å²) in [7, 11) is 0. The van der Waals surface area contributed by atoms with Crippen molar-refractivity contribution >= 4 is 12.0 Å². The third-order valence-electron chi connectivity index (χ3n) is 2.46. The molecule has 0 saturated heterocycles. The van der Waals surface area contributed by atoms with E-state index in [1.807, 2.05) is 6.92 Å². The molecule has 0 aliphatic heterocycles. The van der Waals surface area contributed by atoms with Crippen LogP contribution in [0.2, 0.25) is 0 Å². The van der Waals surface area contributed by atoms with E-state index in [1.54, 1.807) is 6.92 Å². The van der Waals surface area contributed by atoms with Crippen molar-refractivity contribution in [3.8, 4) is 0 Å². The molecule has 0 heterocycles. The molecule has 0 aromatic rings. The second-order valence-corrected chi connectivity index (χ2v) is 4.22. The molecule has 2 atom stereocenters. The zero-order valence-corrected chi connectivity index (χ0v) is 10.4. The zero-order chi connectivity index (χ0) is 14.6. The molecular weight excluding hydrogens is 253 g/mol. The zero-order valence-electron chi connectivity index (χ0n) is 10.4. The Balaban J connectivity index is 4.73. The van der Waals surface area contributed by atoms with Gasteiger partial charge in [0.2, 0.25) is 5.54 Å². The van der Waals surface area contributed by atoms with E-state index in [2.05, 4.69) is 5.32 Å². The molecule has 2 amide bonds. The molecule has 5 nitrogen and oxygen atoms in total. The number of aliphatic carboxylic acids is 1. The van der Waals surface area contributed by atoms with E-state index >= 15 is 0 Å². The third-order valence-corrected chi connectivity index (χ3v) is 2.46. The summed E-state index contributed by atoms with van der Waals surface area (Å²) in [5.74, 6) is -2.16. The molecule has 0 bridgehead atoms. The van der Waals surface area contributed by atoms with Gasteiger partial charge in [0.15, 0.2) is 0 Å². The molecule has 0 spiro atoms. The van der Waals surface area contributed by atoms with Crippen molar-refractivity contribution in [3.05, 3.63) is 0 Å². The summed E-state index contributed by atoms with van der Waals surface area (Å²) in [5.41, 5.74) is -3.30. The SMILES string of the molecule is CCCC(C)NC(=O)NC(C)(C(=O)O)C(F)(F)F. The maximum Gasteiger partial charge on any atom is 0.422 e. The van der Waals surface area contributed by atoms with Gasteiger partial charge in [0, 0.05) is 6.04 Å². The van der Waals surface area contributed by atoms with Crippen molar-refractivity contribution in [2.24, 2.45) is 0 Å². The minimum Gasteiger partial charge on any atom is -0.479 e. The Morgan fingerprint density at radius 2 is 1.83 bits per heavy atom. The van der Waals surface area contributed by atoms with Crippen LogP contribution in [0.5, 0.6) is 0 Å². The predicted octanol–water partition coefficient (Wildman–Crippen LogP) is 1.88. The number of halogens is 3. The standard InChI is InChI=1S/C10H17F3N2O3/c1-4-5-6(2)14-8(18)15-9(3,7(16)17)10(11,12)13/h6H,4-5H2,1-3H3,(H,16,17)(H2,14,15,18). The summed E-state index contributed by atoms with van der Waals surface area (Å²) >= 11 is 0. The number of carbonyl (C=O) groups excluding carboxylic acids is 1. The maximum atomic E-state index is 12.6. The Morgan fingerprint density at radius 1 is 1.33 bits per heavy atom. The van der Waals surface area contributed by atoms with E-state index in [0.717, 1.165) is 6.42 Å². The van der Waals surface area contributed by atoms with Crippen molar-refractivity contribution in [1.29, 1.82) is 0 Å². The average molecular weight is 270 g/mol. The molecule has 8 heteroatoms. The first-order chi connectivity index (χ1) is 8.04. The highest BCUT2D eigenvalue weighted by atomic mass is 19.4. The van der Waals surface area contributed by atoms with Crippen molar-refractivity contribution in [2.45, 2.75) is 51.4 Å².